The first kappa shape index (κ1) is 4.50. The highest BCUT2D eigenvalue weighted by Crippen LogP contribution is 2.04. The normalized spacial score (nSPS) is 28.3. The lowest BCUT2D eigenvalue weighted by Gasteiger charge is -2.12. The van der Waals surface area contributed by atoms with Crippen molar-refractivity contribution in [1.82, 2.24) is 4.90 Å². The van der Waals surface area contributed by atoms with Crippen molar-refractivity contribution < 1.29 is 4.74 Å². The summed E-state index contributed by atoms with van der Waals surface area (Å²) in [4.78, 5) is 1.89. The van der Waals surface area contributed by atoms with Crippen molar-refractivity contribution in [3.05, 3.63) is 19.4 Å². The van der Waals surface area contributed by atoms with Crippen LogP contribution in [-0.4, -0.2) is 18.2 Å². The molecule has 1 aliphatic heterocycles. The van der Waals surface area contributed by atoms with Gasteiger partial charge in [-0.15, -0.1) is 0 Å². The molecule has 0 bridgehead atoms. The molecule has 0 saturated heterocycles. The molecule has 1 atom stereocenters. The SMILES string of the molecule is [CH2]C1OC=CN1C. The van der Waals surface area contributed by atoms with E-state index < -0.39 is 0 Å². The van der Waals surface area contributed by atoms with Crippen LogP contribution in [0.3, 0.4) is 0 Å². The molecule has 39 valence electrons. The molecule has 0 aromatic heterocycles. The van der Waals surface area contributed by atoms with Gasteiger partial charge in [0, 0.05) is 20.2 Å². The topological polar surface area (TPSA) is 12.5 Å². The molecule has 0 N–H and O–H groups in total. The third-order valence-electron chi connectivity index (χ3n) is 0.986. The fourth-order valence-corrected chi connectivity index (χ4v) is 0.414. The van der Waals surface area contributed by atoms with E-state index in [0.29, 0.717) is 0 Å². The van der Waals surface area contributed by atoms with Crippen LogP contribution in [0.4, 0.5) is 0 Å². The van der Waals surface area contributed by atoms with E-state index in [1.807, 2.05) is 18.1 Å². The van der Waals surface area contributed by atoms with Gasteiger partial charge in [-0.1, -0.05) is 0 Å². The number of hydrogen-bond acceptors (Lipinski definition) is 2. The van der Waals surface area contributed by atoms with Crippen molar-refractivity contribution in [1.29, 1.82) is 0 Å². The second-order valence-electron chi connectivity index (χ2n) is 1.54. The minimum Gasteiger partial charge on any atom is -0.477 e. The first-order valence-corrected chi connectivity index (χ1v) is 2.18. The second-order valence-corrected chi connectivity index (χ2v) is 1.54. The zero-order valence-electron chi connectivity index (χ0n) is 4.29. The highest BCUT2D eigenvalue weighted by Gasteiger charge is 2.07. The summed E-state index contributed by atoms with van der Waals surface area (Å²) >= 11 is 0. The van der Waals surface area contributed by atoms with Crippen molar-refractivity contribution in [2.24, 2.45) is 0 Å². The van der Waals surface area contributed by atoms with Gasteiger partial charge in [-0.05, 0) is 0 Å². The lowest BCUT2D eigenvalue weighted by molar-refractivity contribution is 0.115. The van der Waals surface area contributed by atoms with Crippen LogP contribution < -0.4 is 0 Å². The Bertz CT molecular complexity index is 90.1. The first-order valence-electron chi connectivity index (χ1n) is 2.18. The van der Waals surface area contributed by atoms with Gasteiger partial charge in [0.1, 0.15) is 6.26 Å². The third kappa shape index (κ3) is 0.683. The summed E-state index contributed by atoms with van der Waals surface area (Å²) in [6.45, 7) is 3.66. The van der Waals surface area contributed by atoms with Crippen LogP contribution >= 0.6 is 0 Å². The summed E-state index contributed by atoms with van der Waals surface area (Å²) in [6.07, 6.45) is 3.47. The van der Waals surface area contributed by atoms with Gasteiger partial charge in [-0.3, -0.25) is 0 Å². The smallest absolute Gasteiger partial charge is 0.171 e. The second kappa shape index (κ2) is 1.45. The molecule has 0 amide bonds. The molecule has 0 aromatic carbocycles. The van der Waals surface area contributed by atoms with Gasteiger partial charge >= 0.3 is 0 Å². The van der Waals surface area contributed by atoms with Crippen LogP contribution in [0.5, 0.6) is 0 Å². The van der Waals surface area contributed by atoms with E-state index in [4.69, 9.17) is 4.74 Å². The van der Waals surface area contributed by atoms with Gasteiger partial charge < -0.3 is 9.64 Å². The Labute approximate surface area is 43.4 Å². The molecule has 1 unspecified atom stereocenters. The van der Waals surface area contributed by atoms with Gasteiger partial charge in [0.2, 0.25) is 0 Å². The molecule has 0 fully saturated rings. The number of ether oxygens (including phenoxy) is 1. The molecule has 1 heterocycles. The highest BCUT2D eigenvalue weighted by atomic mass is 16.5. The molecular formula is C5H8NO. The fourth-order valence-electron chi connectivity index (χ4n) is 0.414. The maximum absolute atomic E-state index is 4.90. The Morgan fingerprint density at radius 1 is 1.86 bits per heavy atom. The summed E-state index contributed by atoms with van der Waals surface area (Å²) in [5.41, 5.74) is 0. The summed E-state index contributed by atoms with van der Waals surface area (Å²) in [5, 5.41) is 0. The molecule has 1 rings (SSSR count). The average molecular weight is 98.1 g/mol. The standard InChI is InChI=1S/C5H8NO/c1-5-6(2)3-4-7-5/h3-5H,1H2,2H3. The van der Waals surface area contributed by atoms with E-state index in [-0.39, 0.29) is 6.23 Å². The van der Waals surface area contributed by atoms with E-state index in [9.17, 15) is 0 Å². The average Bonchev–Trinajstić information content (AvgIpc) is 1.91. The van der Waals surface area contributed by atoms with Crippen LogP contribution in [0, 0.1) is 6.92 Å². The van der Waals surface area contributed by atoms with E-state index in [0.717, 1.165) is 0 Å². The van der Waals surface area contributed by atoms with Crippen LogP contribution in [0.25, 0.3) is 0 Å². The van der Waals surface area contributed by atoms with Gasteiger partial charge in [0.15, 0.2) is 6.23 Å². The van der Waals surface area contributed by atoms with E-state index >= 15 is 0 Å². The Hall–Kier alpha value is -0.660. The van der Waals surface area contributed by atoms with Gasteiger partial charge in [0.25, 0.3) is 0 Å². The van der Waals surface area contributed by atoms with Crippen molar-refractivity contribution in [2.75, 3.05) is 7.05 Å². The number of nitrogens with zero attached hydrogens (tertiary/aromatic N) is 1. The van der Waals surface area contributed by atoms with E-state index in [1.54, 1.807) is 6.26 Å². The molecule has 7 heavy (non-hydrogen) atoms. The molecule has 0 spiro atoms. The van der Waals surface area contributed by atoms with Gasteiger partial charge in [0.05, 0.1) is 0 Å². The van der Waals surface area contributed by atoms with Crippen LogP contribution in [0.1, 0.15) is 0 Å². The molecule has 0 aliphatic carbocycles. The molecule has 2 nitrogen and oxygen atoms in total. The van der Waals surface area contributed by atoms with Crippen molar-refractivity contribution in [2.45, 2.75) is 6.23 Å². The number of rotatable bonds is 0. The Kier molecular flexibility index (Phi) is 0.929. The first-order chi connectivity index (χ1) is 3.30. The Morgan fingerprint density at radius 2 is 2.57 bits per heavy atom. The maximum Gasteiger partial charge on any atom is 0.171 e. The lowest BCUT2D eigenvalue weighted by Crippen LogP contribution is -2.19. The molecule has 0 saturated carbocycles. The van der Waals surface area contributed by atoms with Crippen molar-refractivity contribution in [3.8, 4) is 0 Å². The highest BCUT2D eigenvalue weighted by molar-refractivity contribution is 4.84. The van der Waals surface area contributed by atoms with E-state index in [2.05, 4.69) is 6.92 Å². The molecule has 1 radical (unpaired) electrons. The van der Waals surface area contributed by atoms with Crippen LogP contribution in [-0.2, 0) is 4.74 Å². The largest absolute Gasteiger partial charge is 0.477 e. The van der Waals surface area contributed by atoms with E-state index in [1.165, 1.54) is 0 Å². The predicted octanol–water partition coefficient (Wildman–Crippen LogP) is 0.580. The summed E-state index contributed by atoms with van der Waals surface area (Å²) < 4.78 is 4.90. The Morgan fingerprint density at radius 3 is 2.71 bits per heavy atom. The zero-order chi connectivity index (χ0) is 5.28. The quantitative estimate of drug-likeness (QED) is 0.439. The zero-order valence-corrected chi connectivity index (χ0v) is 4.29. The summed E-state index contributed by atoms with van der Waals surface area (Å²) in [5.74, 6) is 0. The monoisotopic (exact) mass is 98.1 g/mol. The third-order valence-corrected chi connectivity index (χ3v) is 0.986. The summed E-state index contributed by atoms with van der Waals surface area (Å²) in [7, 11) is 1.92. The molecule has 2 heteroatoms. The lowest BCUT2D eigenvalue weighted by atomic mass is 10.6. The van der Waals surface area contributed by atoms with Crippen LogP contribution in [0.15, 0.2) is 12.5 Å². The molecule has 0 aromatic rings. The van der Waals surface area contributed by atoms with Crippen LogP contribution in [0.2, 0.25) is 0 Å². The van der Waals surface area contributed by atoms with Crippen molar-refractivity contribution in [3.63, 3.8) is 0 Å². The number of hydrogen-bond donors (Lipinski definition) is 0. The maximum atomic E-state index is 4.90. The minimum atomic E-state index is -0.0139. The molecular weight excluding hydrogens is 90.1 g/mol. The van der Waals surface area contributed by atoms with Crippen molar-refractivity contribution >= 4 is 0 Å². The summed E-state index contributed by atoms with van der Waals surface area (Å²) in [6, 6.07) is 0. The van der Waals surface area contributed by atoms with Gasteiger partial charge in [-0.25, -0.2) is 0 Å². The fraction of sp³-hybridized carbons (Fsp3) is 0.400. The van der Waals surface area contributed by atoms with Gasteiger partial charge in [-0.2, -0.15) is 0 Å². The predicted molar refractivity (Wildman–Crippen MR) is 27.1 cm³/mol. The Balaban J connectivity index is 2.45. The molecule has 1 aliphatic rings. The minimum absolute atomic E-state index is 0.0139.